The number of hydrogen-bond donors (Lipinski definition) is 0. The summed E-state index contributed by atoms with van der Waals surface area (Å²) in [6, 6.07) is 9.60. The standard InChI is InChI=1S/C15H12ClF3/c1-9-7-12(15(17,18)19)14(13(16)8-9)11-6-4-3-5-10(11)2/h3-8H,1-2H3. The highest BCUT2D eigenvalue weighted by molar-refractivity contribution is 6.33. The molecule has 0 amide bonds. The monoisotopic (exact) mass is 284 g/mol. The maximum absolute atomic E-state index is 13.2. The highest BCUT2D eigenvalue weighted by Crippen LogP contribution is 2.42. The fraction of sp³-hybridized carbons (Fsp3) is 0.200. The van der Waals surface area contributed by atoms with Crippen LogP contribution in [-0.4, -0.2) is 0 Å². The third-order valence-electron chi connectivity index (χ3n) is 2.95. The van der Waals surface area contributed by atoms with Crippen molar-refractivity contribution >= 4 is 11.6 Å². The quantitative estimate of drug-likeness (QED) is 0.635. The van der Waals surface area contributed by atoms with Gasteiger partial charge in [0.25, 0.3) is 0 Å². The second-order valence-electron chi connectivity index (χ2n) is 4.48. The highest BCUT2D eigenvalue weighted by Gasteiger charge is 2.35. The molecule has 2 aromatic rings. The molecule has 0 fully saturated rings. The third kappa shape index (κ3) is 2.76. The number of halogens is 4. The molecule has 19 heavy (non-hydrogen) atoms. The molecule has 100 valence electrons. The number of hydrogen-bond acceptors (Lipinski definition) is 0. The predicted octanol–water partition coefficient (Wildman–Crippen LogP) is 5.64. The van der Waals surface area contributed by atoms with Crippen LogP contribution in [-0.2, 0) is 6.18 Å². The molecular weight excluding hydrogens is 273 g/mol. The van der Waals surface area contributed by atoms with E-state index in [9.17, 15) is 13.2 Å². The fourth-order valence-corrected chi connectivity index (χ4v) is 2.47. The van der Waals surface area contributed by atoms with Crippen LogP contribution in [0.15, 0.2) is 36.4 Å². The van der Waals surface area contributed by atoms with Crippen molar-refractivity contribution in [2.75, 3.05) is 0 Å². The third-order valence-corrected chi connectivity index (χ3v) is 3.25. The van der Waals surface area contributed by atoms with Crippen molar-refractivity contribution in [1.29, 1.82) is 0 Å². The van der Waals surface area contributed by atoms with Gasteiger partial charge in [-0.15, -0.1) is 0 Å². The Morgan fingerprint density at radius 3 is 2.21 bits per heavy atom. The number of aryl methyl sites for hydroxylation is 2. The van der Waals surface area contributed by atoms with Crippen LogP contribution in [0, 0.1) is 13.8 Å². The lowest BCUT2D eigenvalue weighted by Crippen LogP contribution is -2.08. The number of rotatable bonds is 1. The minimum Gasteiger partial charge on any atom is -0.166 e. The summed E-state index contributed by atoms with van der Waals surface area (Å²) >= 11 is 6.05. The zero-order valence-corrected chi connectivity index (χ0v) is 11.2. The maximum Gasteiger partial charge on any atom is 0.417 e. The van der Waals surface area contributed by atoms with Crippen molar-refractivity contribution < 1.29 is 13.2 Å². The second-order valence-corrected chi connectivity index (χ2v) is 4.89. The van der Waals surface area contributed by atoms with Crippen molar-refractivity contribution in [2.45, 2.75) is 20.0 Å². The fourth-order valence-electron chi connectivity index (χ4n) is 2.09. The Morgan fingerprint density at radius 1 is 1.00 bits per heavy atom. The van der Waals surface area contributed by atoms with Crippen LogP contribution in [0.5, 0.6) is 0 Å². The molecule has 0 saturated heterocycles. The topological polar surface area (TPSA) is 0 Å². The molecule has 0 aliphatic carbocycles. The van der Waals surface area contributed by atoms with Crippen LogP contribution < -0.4 is 0 Å². The molecule has 2 aromatic carbocycles. The first-order valence-corrected chi connectivity index (χ1v) is 6.12. The molecule has 0 bridgehead atoms. The van der Waals surface area contributed by atoms with E-state index in [-0.39, 0.29) is 10.6 Å². The molecule has 2 rings (SSSR count). The minimum atomic E-state index is -4.42. The van der Waals surface area contributed by atoms with E-state index in [0.29, 0.717) is 11.1 Å². The van der Waals surface area contributed by atoms with Crippen LogP contribution in [0.1, 0.15) is 16.7 Å². The van der Waals surface area contributed by atoms with Gasteiger partial charge in [-0.3, -0.25) is 0 Å². The lowest BCUT2D eigenvalue weighted by Gasteiger charge is -2.17. The van der Waals surface area contributed by atoms with Gasteiger partial charge in [0, 0.05) is 10.6 Å². The van der Waals surface area contributed by atoms with Gasteiger partial charge in [-0.25, -0.2) is 0 Å². The van der Waals surface area contributed by atoms with Gasteiger partial charge in [0.1, 0.15) is 0 Å². The van der Waals surface area contributed by atoms with Gasteiger partial charge >= 0.3 is 6.18 Å². The molecule has 0 aliphatic heterocycles. The average Bonchev–Trinajstić information content (AvgIpc) is 2.28. The van der Waals surface area contributed by atoms with Gasteiger partial charge in [0.05, 0.1) is 5.56 Å². The van der Waals surface area contributed by atoms with Crippen molar-refractivity contribution in [2.24, 2.45) is 0 Å². The molecule has 0 atom stereocenters. The summed E-state index contributed by atoms with van der Waals surface area (Å²) in [6.45, 7) is 3.37. The van der Waals surface area contributed by atoms with Gasteiger partial charge in [0.15, 0.2) is 0 Å². The van der Waals surface area contributed by atoms with E-state index < -0.39 is 11.7 Å². The van der Waals surface area contributed by atoms with E-state index >= 15 is 0 Å². The predicted molar refractivity (Wildman–Crippen MR) is 71.4 cm³/mol. The summed E-state index contributed by atoms with van der Waals surface area (Å²) in [7, 11) is 0. The van der Waals surface area contributed by atoms with Crippen LogP contribution >= 0.6 is 11.6 Å². The molecular formula is C15H12ClF3. The van der Waals surface area contributed by atoms with E-state index in [1.165, 1.54) is 0 Å². The van der Waals surface area contributed by atoms with Crippen LogP contribution in [0.3, 0.4) is 0 Å². The van der Waals surface area contributed by atoms with E-state index in [0.717, 1.165) is 11.6 Å². The largest absolute Gasteiger partial charge is 0.417 e. The molecule has 0 unspecified atom stereocenters. The average molecular weight is 285 g/mol. The zero-order chi connectivity index (χ0) is 14.2. The van der Waals surface area contributed by atoms with Gasteiger partial charge in [-0.2, -0.15) is 13.2 Å². The van der Waals surface area contributed by atoms with Gasteiger partial charge in [-0.1, -0.05) is 35.9 Å². The Kier molecular flexibility index (Phi) is 3.59. The molecule has 0 aliphatic rings. The van der Waals surface area contributed by atoms with E-state index in [1.807, 2.05) is 0 Å². The highest BCUT2D eigenvalue weighted by atomic mass is 35.5. The Morgan fingerprint density at radius 2 is 1.63 bits per heavy atom. The Labute approximate surface area is 114 Å². The van der Waals surface area contributed by atoms with Gasteiger partial charge in [-0.05, 0) is 42.7 Å². The first-order valence-electron chi connectivity index (χ1n) is 5.74. The van der Waals surface area contributed by atoms with Crippen molar-refractivity contribution in [3.63, 3.8) is 0 Å². The van der Waals surface area contributed by atoms with Crippen LogP contribution in [0.4, 0.5) is 13.2 Å². The number of alkyl halides is 3. The summed E-state index contributed by atoms with van der Waals surface area (Å²) in [5.74, 6) is 0. The summed E-state index contributed by atoms with van der Waals surface area (Å²) in [5, 5.41) is 0.127. The van der Waals surface area contributed by atoms with Crippen LogP contribution in [0.25, 0.3) is 11.1 Å². The molecule has 0 nitrogen and oxygen atoms in total. The molecule has 0 aromatic heterocycles. The SMILES string of the molecule is Cc1cc(Cl)c(-c2ccccc2C)c(C(F)(F)F)c1. The smallest absolute Gasteiger partial charge is 0.166 e. The minimum absolute atomic E-state index is 0.0536. The Bertz CT molecular complexity index is 615. The first kappa shape index (κ1) is 13.9. The first-order chi connectivity index (χ1) is 8.80. The van der Waals surface area contributed by atoms with Crippen molar-refractivity contribution in [3.05, 3.63) is 58.1 Å². The lowest BCUT2D eigenvalue weighted by molar-refractivity contribution is -0.137. The molecule has 0 radical (unpaired) electrons. The van der Waals surface area contributed by atoms with Gasteiger partial charge in [0.2, 0.25) is 0 Å². The molecule has 0 saturated carbocycles. The van der Waals surface area contributed by atoms with Crippen molar-refractivity contribution in [1.82, 2.24) is 0 Å². The molecule has 0 spiro atoms. The second kappa shape index (κ2) is 4.89. The Balaban J connectivity index is 2.80. The molecule has 0 heterocycles. The summed E-state index contributed by atoms with van der Waals surface area (Å²) in [6.07, 6.45) is -4.42. The van der Waals surface area contributed by atoms with Crippen molar-refractivity contribution in [3.8, 4) is 11.1 Å². The van der Waals surface area contributed by atoms with Gasteiger partial charge < -0.3 is 0 Å². The lowest BCUT2D eigenvalue weighted by atomic mass is 9.94. The summed E-state index contributed by atoms with van der Waals surface area (Å²) < 4.78 is 39.5. The Hall–Kier alpha value is -1.48. The van der Waals surface area contributed by atoms with Crippen LogP contribution in [0.2, 0.25) is 5.02 Å². The molecule has 0 N–H and O–H groups in total. The number of benzene rings is 2. The summed E-state index contributed by atoms with van der Waals surface area (Å²) in [5.41, 5.74) is 1.14. The molecule has 4 heteroatoms. The normalized spacial score (nSPS) is 11.7. The zero-order valence-electron chi connectivity index (χ0n) is 10.5. The van der Waals surface area contributed by atoms with E-state index in [1.54, 1.807) is 44.2 Å². The van der Waals surface area contributed by atoms with E-state index in [4.69, 9.17) is 11.6 Å². The van der Waals surface area contributed by atoms with E-state index in [2.05, 4.69) is 0 Å². The summed E-state index contributed by atoms with van der Waals surface area (Å²) in [4.78, 5) is 0. The maximum atomic E-state index is 13.2.